The van der Waals surface area contributed by atoms with Gasteiger partial charge in [0.1, 0.15) is 0 Å². The Hall–Kier alpha value is -1.54. The Morgan fingerprint density at radius 3 is 2.60 bits per heavy atom. The van der Waals surface area contributed by atoms with Gasteiger partial charge in [-0.3, -0.25) is 4.79 Å². The van der Waals surface area contributed by atoms with Gasteiger partial charge < -0.3 is 5.32 Å². The van der Waals surface area contributed by atoms with Crippen molar-refractivity contribution in [1.82, 2.24) is 0 Å². The maximum Gasteiger partial charge on any atom is 0.221 e. The van der Waals surface area contributed by atoms with Crippen molar-refractivity contribution in [3.8, 4) is 0 Å². The van der Waals surface area contributed by atoms with Gasteiger partial charge in [0.2, 0.25) is 5.91 Å². The average Bonchev–Trinajstić information content (AvgIpc) is 2.16. The van der Waals surface area contributed by atoms with Crippen molar-refractivity contribution in [2.75, 3.05) is 5.32 Å². The number of hydrogen-bond donors (Lipinski definition) is 1. The van der Waals surface area contributed by atoms with Crippen molar-refractivity contribution >= 4 is 34.0 Å². The Morgan fingerprint density at radius 1 is 1.13 bits per heavy atom. The summed E-state index contributed by atoms with van der Waals surface area (Å²) in [6.07, 6.45) is 0. The predicted molar refractivity (Wildman–Crippen MR) is 63.3 cm³/mol. The SMILES string of the molecule is CC(=O)Nc1ccc2ccc(Cl)cc2c1. The molecule has 0 saturated carbocycles. The van der Waals surface area contributed by atoms with Gasteiger partial charge in [0, 0.05) is 17.6 Å². The smallest absolute Gasteiger partial charge is 0.221 e. The Bertz CT molecular complexity index is 522. The van der Waals surface area contributed by atoms with Crippen molar-refractivity contribution in [2.45, 2.75) is 6.92 Å². The molecule has 0 heterocycles. The predicted octanol–water partition coefficient (Wildman–Crippen LogP) is 3.45. The number of benzene rings is 2. The molecular weight excluding hydrogens is 210 g/mol. The summed E-state index contributed by atoms with van der Waals surface area (Å²) in [5.41, 5.74) is 0.789. The Kier molecular flexibility index (Phi) is 2.60. The Labute approximate surface area is 92.9 Å². The molecule has 0 aliphatic heterocycles. The highest BCUT2D eigenvalue weighted by atomic mass is 35.5. The standard InChI is InChI=1S/C12H10ClNO/c1-8(15)14-12-5-3-9-2-4-11(13)6-10(9)7-12/h2-7H,1H3,(H,14,15). The normalized spacial score (nSPS) is 10.3. The molecule has 2 nitrogen and oxygen atoms in total. The molecule has 15 heavy (non-hydrogen) atoms. The van der Waals surface area contributed by atoms with E-state index in [1.807, 2.05) is 36.4 Å². The van der Waals surface area contributed by atoms with Crippen LogP contribution < -0.4 is 5.32 Å². The van der Waals surface area contributed by atoms with Crippen LogP contribution in [0.1, 0.15) is 6.92 Å². The summed E-state index contributed by atoms with van der Waals surface area (Å²) in [6.45, 7) is 1.49. The minimum atomic E-state index is -0.0728. The first-order valence-corrected chi connectivity index (χ1v) is 5.00. The summed E-state index contributed by atoms with van der Waals surface area (Å²) in [5.74, 6) is -0.0728. The second-order valence-electron chi connectivity index (χ2n) is 3.39. The van der Waals surface area contributed by atoms with Crippen LogP contribution >= 0.6 is 11.6 Å². The fourth-order valence-electron chi connectivity index (χ4n) is 1.50. The highest BCUT2D eigenvalue weighted by molar-refractivity contribution is 6.31. The van der Waals surface area contributed by atoms with Gasteiger partial charge in [-0.05, 0) is 35.0 Å². The third-order valence-electron chi connectivity index (χ3n) is 2.12. The van der Waals surface area contributed by atoms with Crippen LogP contribution in [-0.4, -0.2) is 5.91 Å². The van der Waals surface area contributed by atoms with E-state index in [4.69, 9.17) is 11.6 Å². The zero-order valence-corrected chi connectivity index (χ0v) is 9.01. The van der Waals surface area contributed by atoms with E-state index >= 15 is 0 Å². The minimum Gasteiger partial charge on any atom is -0.326 e. The quantitative estimate of drug-likeness (QED) is 0.782. The highest BCUT2D eigenvalue weighted by Crippen LogP contribution is 2.22. The summed E-state index contributed by atoms with van der Waals surface area (Å²) in [4.78, 5) is 10.9. The first kappa shape index (κ1) is 9.99. The Morgan fingerprint density at radius 2 is 1.87 bits per heavy atom. The van der Waals surface area contributed by atoms with E-state index in [0.29, 0.717) is 5.02 Å². The lowest BCUT2D eigenvalue weighted by Gasteiger charge is -2.04. The van der Waals surface area contributed by atoms with E-state index in [9.17, 15) is 4.79 Å². The number of carbonyl (C=O) groups is 1. The molecule has 2 aromatic carbocycles. The molecule has 0 spiro atoms. The van der Waals surface area contributed by atoms with Crippen LogP contribution in [0, 0.1) is 0 Å². The molecule has 0 aliphatic carbocycles. The number of nitrogens with one attached hydrogen (secondary N) is 1. The summed E-state index contributed by atoms with van der Waals surface area (Å²) < 4.78 is 0. The number of carbonyl (C=O) groups excluding carboxylic acids is 1. The molecule has 0 unspecified atom stereocenters. The monoisotopic (exact) mass is 219 g/mol. The first-order chi connectivity index (χ1) is 7.15. The van der Waals surface area contributed by atoms with Crippen LogP contribution in [0.5, 0.6) is 0 Å². The van der Waals surface area contributed by atoms with E-state index in [0.717, 1.165) is 16.5 Å². The minimum absolute atomic E-state index is 0.0728. The lowest BCUT2D eigenvalue weighted by Crippen LogP contribution is -2.05. The number of anilines is 1. The van der Waals surface area contributed by atoms with Crippen molar-refractivity contribution in [1.29, 1.82) is 0 Å². The van der Waals surface area contributed by atoms with Gasteiger partial charge in [-0.15, -0.1) is 0 Å². The number of halogens is 1. The van der Waals surface area contributed by atoms with Crippen LogP contribution in [0.15, 0.2) is 36.4 Å². The van der Waals surface area contributed by atoms with E-state index in [-0.39, 0.29) is 5.91 Å². The second kappa shape index (κ2) is 3.91. The number of amides is 1. The summed E-state index contributed by atoms with van der Waals surface area (Å²) in [7, 11) is 0. The molecule has 1 N–H and O–H groups in total. The van der Waals surface area contributed by atoms with Crippen LogP contribution in [0.25, 0.3) is 10.8 Å². The molecule has 0 radical (unpaired) electrons. The maximum atomic E-state index is 10.9. The van der Waals surface area contributed by atoms with E-state index in [2.05, 4.69) is 5.32 Å². The topological polar surface area (TPSA) is 29.1 Å². The summed E-state index contributed by atoms with van der Waals surface area (Å²) in [6, 6.07) is 11.4. The zero-order valence-electron chi connectivity index (χ0n) is 8.25. The Balaban J connectivity index is 2.49. The molecule has 0 fully saturated rings. The number of hydrogen-bond acceptors (Lipinski definition) is 1. The molecule has 76 valence electrons. The number of fused-ring (bicyclic) bond motifs is 1. The van der Waals surface area contributed by atoms with Gasteiger partial charge in [0.25, 0.3) is 0 Å². The van der Waals surface area contributed by atoms with Gasteiger partial charge in [-0.1, -0.05) is 23.7 Å². The highest BCUT2D eigenvalue weighted by Gasteiger charge is 1.98. The molecule has 2 rings (SSSR count). The largest absolute Gasteiger partial charge is 0.326 e. The number of rotatable bonds is 1. The molecule has 3 heteroatoms. The van der Waals surface area contributed by atoms with Gasteiger partial charge >= 0.3 is 0 Å². The fraction of sp³-hybridized carbons (Fsp3) is 0.0833. The van der Waals surface area contributed by atoms with Crippen LogP contribution in [0.2, 0.25) is 5.02 Å². The van der Waals surface area contributed by atoms with Crippen molar-refractivity contribution in [2.24, 2.45) is 0 Å². The van der Waals surface area contributed by atoms with Gasteiger partial charge in [-0.2, -0.15) is 0 Å². The maximum absolute atomic E-state index is 10.9. The van der Waals surface area contributed by atoms with Crippen molar-refractivity contribution in [3.63, 3.8) is 0 Å². The van der Waals surface area contributed by atoms with Gasteiger partial charge in [0.05, 0.1) is 0 Å². The van der Waals surface area contributed by atoms with Crippen molar-refractivity contribution < 1.29 is 4.79 Å². The van der Waals surface area contributed by atoms with E-state index in [1.165, 1.54) is 6.92 Å². The third kappa shape index (κ3) is 2.28. The van der Waals surface area contributed by atoms with Crippen LogP contribution in [-0.2, 0) is 4.79 Å². The molecule has 0 aliphatic rings. The molecular formula is C12H10ClNO. The summed E-state index contributed by atoms with van der Waals surface area (Å²) >= 11 is 5.89. The molecule has 0 aromatic heterocycles. The summed E-state index contributed by atoms with van der Waals surface area (Å²) in [5, 5.41) is 5.56. The molecule has 0 saturated heterocycles. The van der Waals surface area contributed by atoms with Crippen LogP contribution in [0.3, 0.4) is 0 Å². The van der Waals surface area contributed by atoms with Crippen LogP contribution in [0.4, 0.5) is 5.69 Å². The average molecular weight is 220 g/mol. The van der Waals surface area contributed by atoms with Crippen molar-refractivity contribution in [3.05, 3.63) is 41.4 Å². The first-order valence-electron chi connectivity index (χ1n) is 4.62. The molecule has 0 bridgehead atoms. The van der Waals surface area contributed by atoms with E-state index < -0.39 is 0 Å². The second-order valence-corrected chi connectivity index (χ2v) is 3.82. The lowest BCUT2D eigenvalue weighted by molar-refractivity contribution is -0.114. The fourth-order valence-corrected chi connectivity index (χ4v) is 1.68. The zero-order chi connectivity index (χ0) is 10.8. The van der Waals surface area contributed by atoms with Gasteiger partial charge in [0.15, 0.2) is 0 Å². The lowest BCUT2D eigenvalue weighted by atomic mass is 10.1. The molecule has 0 atom stereocenters. The molecule has 1 amide bonds. The molecule has 2 aromatic rings. The third-order valence-corrected chi connectivity index (χ3v) is 2.36. The van der Waals surface area contributed by atoms with Gasteiger partial charge in [-0.25, -0.2) is 0 Å². The van der Waals surface area contributed by atoms with E-state index in [1.54, 1.807) is 0 Å².